The lowest BCUT2D eigenvalue weighted by molar-refractivity contribution is 1.09. The molecule has 20 heavy (non-hydrogen) atoms. The molecule has 98 valence electrons. The molecule has 0 saturated heterocycles. The van der Waals surface area contributed by atoms with Crippen LogP contribution in [0.3, 0.4) is 0 Å². The fourth-order valence-electron chi connectivity index (χ4n) is 2.27. The van der Waals surface area contributed by atoms with E-state index in [4.69, 9.17) is 0 Å². The second-order valence-electron chi connectivity index (χ2n) is 4.64. The Bertz CT molecular complexity index is 836. The van der Waals surface area contributed by atoms with E-state index >= 15 is 0 Å². The molecule has 3 aromatic rings. The Morgan fingerprint density at radius 1 is 1.30 bits per heavy atom. The van der Waals surface area contributed by atoms with Crippen molar-refractivity contribution in [2.75, 3.05) is 5.32 Å². The number of aryl methyl sites for hydroxylation is 1. The van der Waals surface area contributed by atoms with Gasteiger partial charge in [-0.3, -0.25) is 15.0 Å². The molecule has 1 N–H and O–H groups in total. The molecule has 1 aliphatic rings. The molecule has 0 radical (unpaired) electrons. The van der Waals surface area contributed by atoms with Gasteiger partial charge in [-0.25, -0.2) is 0 Å². The van der Waals surface area contributed by atoms with Gasteiger partial charge >= 0.3 is 0 Å². The number of amidine groups is 1. The first kappa shape index (κ1) is 11.5. The van der Waals surface area contributed by atoms with Crippen molar-refractivity contribution < 1.29 is 0 Å². The van der Waals surface area contributed by atoms with Gasteiger partial charge in [0.15, 0.2) is 5.84 Å². The summed E-state index contributed by atoms with van der Waals surface area (Å²) in [5.74, 6) is 0.808. The Hall–Kier alpha value is -2.34. The van der Waals surface area contributed by atoms with E-state index in [1.54, 1.807) is 6.20 Å². The van der Waals surface area contributed by atoms with Crippen molar-refractivity contribution in [1.82, 2.24) is 14.3 Å². The highest BCUT2D eigenvalue weighted by Gasteiger charge is 2.17. The molecule has 0 spiro atoms. The SMILES string of the molecule is Cc1nsc2cc(NC3=NCc4cccnc43)cnc12. The van der Waals surface area contributed by atoms with Crippen LogP contribution in [0.25, 0.3) is 10.2 Å². The van der Waals surface area contributed by atoms with E-state index in [2.05, 4.69) is 36.8 Å². The highest BCUT2D eigenvalue weighted by Crippen LogP contribution is 2.24. The fourth-order valence-corrected chi connectivity index (χ4v) is 3.06. The number of rotatable bonds is 1. The molecule has 4 heterocycles. The maximum absolute atomic E-state index is 4.49. The predicted octanol–water partition coefficient (Wildman–Crippen LogP) is 2.77. The minimum atomic E-state index is 0.681. The van der Waals surface area contributed by atoms with Gasteiger partial charge in [0.1, 0.15) is 11.2 Å². The summed E-state index contributed by atoms with van der Waals surface area (Å²) in [6, 6.07) is 6.04. The van der Waals surface area contributed by atoms with Gasteiger partial charge in [0.2, 0.25) is 0 Å². The van der Waals surface area contributed by atoms with E-state index in [9.17, 15) is 0 Å². The Balaban J connectivity index is 1.68. The normalized spacial score (nSPS) is 13.3. The van der Waals surface area contributed by atoms with Crippen molar-refractivity contribution in [2.24, 2.45) is 4.99 Å². The molecular formula is C14H11N5S. The van der Waals surface area contributed by atoms with Crippen LogP contribution < -0.4 is 5.32 Å². The molecule has 0 unspecified atom stereocenters. The monoisotopic (exact) mass is 281 g/mol. The number of nitrogens with zero attached hydrogens (tertiary/aromatic N) is 4. The summed E-state index contributed by atoms with van der Waals surface area (Å²) in [5.41, 5.74) is 4.93. The predicted molar refractivity (Wildman–Crippen MR) is 80.3 cm³/mol. The standard InChI is InChI=1S/C14H11N5S/c1-8-12-11(20-19-8)5-10(7-16-12)18-14-13-9(6-17-14)3-2-4-15-13/h2-5,7H,6H2,1H3,(H,17,18). The number of anilines is 1. The number of pyridine rings is 2. The fraction of sp³-hybridized carbons (Fsp3) is 0.143. The Labute approximate surface area is 119 Å². The van der Waals surface area contributed by atoms with E-state index in [1.165, 1.54) is 11.5 Å². The van der Waals surface area contributed by atoms with Crippen molar-refractivity contribution in [3.8, 4) is 0 Å². The maximum atomic E-state index is 4.49. The first-order valence-corrected chi connectivity index (χ1v) is 7.06. The molecule has 0 aliphatic carbocycles. The van der Waals surface area contributed by atoms with Crippen LogP contribution in [0.1, 0.15) is 17.0 Å². The number of aliphatic imine (C=N–C) groups is 1. The maximum Gasteiger partial charge on any atom is 0.152 e. The van der Waals surface area contributed by atoms with Crippen LogP contribution >= 0.6 is 11.5 Å². The van der Waals surface area contributed by atoms with Gasteiger partial charge in [-0.2, -0.15) is 4.37 Å². The van der Waals surface area contributed by atoms with Gasteiger partial charge < -0.3 is 5.32 Å². The average molecular weight is 281 g/mol. The lowest BCUT2D eigenvalue weighted by atomic mass is 10.2. The van der Waals surface area contributed by atoms with Crippen molar-refractivity contribution in [2.45, 2.75) is 13.5 Å². The lowest BCUT2D eigenvalue weighted by Crippen LogP contribution is -2.13. The van der Waals surface area contributed by atoms with Crippen LogP contribution in [0.4, 0.5) is 5.69 Å². The second-order valence-corrected chi connectivity index (χ2v) is 5.44. The van der Waals surface area contributed by atoms with E-state index in [0.717, 1.165) is 38.7 Å². The van der Waals surface area contributed by atoms with Gasteiger partial charge in [0.25, 0.3) is 0 Å². The third-order valence-electron chi connectivity index (χ3n) is 3.26. The summed E-state index contributed by atoms with van der Waals surface area (Å²) in [6.07, 6.45) is 3.60. The quantitative estimate of drug-likeness (QED) is 0.745. The summed E-state index contributed by atoms with van der Waals surface area (Å²) in [4.78, 5) is 13.3. The van der Waals surface area contributed by atoms with Gasteiger partial charge in [-0.1, -0.05) is 6.07 Å². The molecule has 5 nitrogen and oxygen atoms in total. The summed E-state index contributed by atoms with van der Waals surface area (Å²) in [7, 11) is 0. The van der Waals surface area contributed by atoms with Gasteiger partial charge in [0.05, 0.1) is 28.8 Å². The molecule has 0 aromatic carbocycles. The zero-order chi connectivity index (χ0) is 13.5. The second kappa shape index (κ2) is 4.35. The van der Waals surface area contributed by atoms with Gasteiger partial charge in [-0.05, 0) is 30.6 Å². The van der Waals surface area contributed by atoms with E-state index in [1.807, 2.05) is 19.2 Å². The number of nitrogens with one attached hydrogen (secondary N) is 1. The summed E-state index contributed by atoms with van der Waals surface area (Å²) >= 11 is 1.46. The Kier molecular flexibility index (Phi) is 2.50. The Morgan fingerprint density at radius 3 is 3.20 bits per heavy atom. The van der Waals surface area contributed by atoms with Crippen LogP contribution in [0.2, 0.25) is 0 Å². The van der Waals surface area contributed by atoms with Crippen molar-refractivity contribution >= 4 is 33.3 Å². The molecule has 0 saturated carbocycles. The van der Waals surface area contributed by atoms with Crippen LogP contribution in [0.5, 0.6) is 0 Å². The molecular weight excluding hydrogens is 270 g/mol. The number of aromatic nitrogens is 3. The van der Waals surface area contributed by atoms with Crippen LogP contribution in [0, 0.1) is 6.92 Å². The highest BCUT2D eigenvalue weighted by molar-refractivity contribution is 7.13. The minimum absolute atomic E-state index is 0.681. The molecule has 4 rings (SSSR count). The third-order valence-corrected chi connectivity index (χ3v) is 4.14. The minimum Gasteiger partial charge on any atom is -0.337 e. The van der Waals surface area contributed by atoms with Crippen molar-refractivity contribution in [3.63, 3.8) is 0 Å². The van der Waals surface area contributed by atoms with Crippen LogP contribution in [-0.2, 0) is 6.54 Å². The molecule has 0 bridgehead atoms. The summed E-state index contributed by atoms with van der Waals surface area (Å²) in [5, 5.41) is 3.30. The summed E-state index contributed by atoms with van der Waals surface area (Å²) < 4.78 is 5.39. The van der Waals surface area contributed by atoms with E-state index in [-0.39, 0.29) is 0 Å². The highest BCUT2D eigenvalue weighted by atomic mass is 32.1. The number of hydrogen-bond acceptors (Lipinski definition) is 6. The zero-order valence-electron chi connectivity index (χ0n) is 10.8. The largest absolute Gasteiger partial charge is 0.337 e. The number of hydrogen-bond donors (Lipinski definition) is 1. The van der Waals surface area contributed by atoms with Crippen LogP contribution in [-0.4, -0.2) is 20.2 Å². The first-order valence-electron chi connectivity index (χ1n) is 6.29. The molecule has 3 aromatic heterocycles. The van der Waals surface area contributed by atoms with Crippen molar-refractivity contribution in [1.29, 1.82) is 0 Å². The molecule has 0 fully saturated rings. The summed E-state index contributed by atoms with van der Waals surface area (Å²) in [6.45, 7) is 2.65. The van der Waals surface area contributed by atoms with Gasteiger partial charge in [0, 0.05) is 11.8 Å². The molecule has 1 aliphatic heterocycles. The molecule has 0 amide bonds. The lowest BCUT2D eigenvalue weighted by Gasteiger charge is -2.06. The molecule has 0 atom stereocenters. The van der Waals surface area contributed by atoms with Crippen molar-refractivity contribution in [3.05, 3.63) is 47.5 Å². The number of fused-ring (bicyclic) bond motifs is 2. The van der Waals surface area contributed by atoms with Crippen LogP contribution in [0.15, 0.2) is 35.6 Å². The average Bonchev–Trinajstić information content (AvgIpc) is 3.04. The Morgan fingerprint density at radius 2 is 2.25 bits per heavy atom. The smallest absolute Gasteiger partial charge is 0.152 e. The van der Waals surface area contributed by atoms with Gasteiger partial charge in [-0.15, -0.1) is 0 Å². The van der Waals surface area contributed by atoms with E-state index < -0.39 is 0 Å². The first-order chi connectivity index (χ1) is 9.81. The molecule has 6 heteroatoms. The topological polar surface area (TPSA) is 63.1 Å². The third kappa shape index (κ3) is 1.77. The zero-order valence-corrected chi connectivity index (χ0v) is 11.6. The van der Waals surface area contributed by atoms with E-state index in [0.29, 0.717) is 6.54 Å².